The van der Waals surface area contributed by atoms with Gasteiger partial charge in [0.25, 0.3) is 0 Å². The van der Waals surface area contributed by atoms with Gasteiger partial charge in [-0.05, 0) is 6.42 Å². The number of methoxy groups -OCH3 is 1. The molecule has 0 radical (unpaired) electrons. The van der Waals surface area contributed by atoms with Crippen molar-refractivity contribution in [2.75, 3.05) is 25.5 Å². The van der Waals surface area contributed by atoms with E-state index in [1.54, 1.807) is 11.8 Å². The number of benzene rings is 1. The number of nitrogens with zero attached hydrogens (tertiary/aromatic N) is 2. The largest absolute Gasteiger partial charge is 0.497 e. The molecule has 1 amide bonds. The minimum absolute atomic E-state index is 0.0376. The molecule has 1 aliphatic heterocycles. The second kappa shape index (κ2) is 6.59. The van der Waals surface area contributed by atoms with Gasteiger partial charge in [0, 0.05) is 37.7 Å². The lowest BCUT2D eigenvalue weighted by Crippen LogP contribution is -2.31. The minimum Gasteiger partial charge on any atom is -0.497 e. The maximum Gasteiger partial charge on any atom is 0.327 e. The van der Waals surface area contributed by atoms with Crippen LogP contribution in [-0.2, 0) is 4.79 Å². The molecule has 1 aromatic carbocycles. The molecular formula is C14H18FN3O4. The number of hydrogen-bond acceptors (Lipinski definition) is 5. The average Bonchev–Trinajstić information content (AvgIpc) is 2.93. The van der Waals surface area contributed by atoms with E-state index in [1.165, 1.54) is 13.2 Å². The van der Waals surface area contributed by atoms with Crippen LogP contribution in [0.2, 0.25) is 0 Å². The molecule has 1 unspecified atom stereocenters. The number of nitro benzene ring substituents is 1. The standard InChI is InChI=1S/C14H18FN3O4/c1-3-13(19)17-5-4-9(8-17)16-12-7-10(22-2)6-11(15)14(12)18(20)21/h6-7,9,16H,3-5,8H2,1-2H3. The number of likely N-dealkylation sites (tertiary alicyclic amines) is 1. The molecule has 1 aliphatic rings. The highest BCUT2D eigenvalue weighted by atomic mass is 19.1. The van der Waals surface area contributed by atoms with Gasteiger partial charge < -0.3 is 15.0 Å². The predicted octanol–water partition coefficient (Wildman–Crippen LogP) is 2.17. The van der Waals surface area contributed by atoms with E-state index in [9.17, 15) is 19.3 Å². The Morgan fingerprint density at radius 3 is 2.91 bits per heavy atom. The number of amides is 1. The van der Waals surface area contributed by atoms with E-state index in [-0.39, 0.29) is 23.4 Å². The second-order valence-electron chi connectivity index (χ2n) is 5.09. The number of nitrogens with one attached hydrogen (secondary N) is 1. The minimum atomic E-state index is -0.952. The van der Waals surface area contributed by atoms with Crippen LogP contribution in [0.3, 0.4) is 0 Å². The molecule has 1 aromatic rings. The Bertz CT molecular complexity index is 594. The first-order valence-corrected chi connectivity index (χ1v) is 7.02. The average molecular weight is 311 g/mol. The molecule has 1 atom stereocenters. The molecule has 0 aliphatic carbocycles. The topological polar surface area (TPSA) is 84.7 Å². The summed E-state index contributed by atoms with van der Waals surface area (Å²) in [6.07, 6.45) is 1.07. The van der Waals surface area contributed by atoms with Crippen LogP contribution in [0.15, 0.2) is 12.1 Å². The van der Waals surface area contributed by atoms with E-state index in [0.717, 1.165) is 6.07 Å². The highest BCUT2D eigenvalue weighted by Crippen LogP contribution is 2.33. The lowest BCUT2D eigenvalue weighted by molar-refractivity contribution is -0.386. The van der Waals surface area contributed by atoms with Crippen molar-refractivity contribution in [3.8, 4) is 5.75 Å². The summed E-state index contributed by atoms with van der Waals surface area (Å²) in [5.74, 6) is -0.716. The van der Waals surface area contributed by atoms with Gasteiger partial charge in [-0.15, -0.1) is 0 Å². The molecule has 7 nitrogen and oxygen atoms in total. The Balaban J connectivity index is 2.20. The zero-order chi connectivity index (χ0) is 16.3. The fraction of sp³-hybridized carbons (Fsp3) is 0.500. The molecular weight excluding hydrogens is 293 g/mol. The van der Waals surface area contributed by atoms with Gasteiger partial charge in [-0.2, -0.15) is 4.39 Å². The molecule has 1 N–H and O–H groups in total. The number of rotatable bonds is 5. The SMILES string of the molecule is CCC(=O)N1CCC(Nc2cc(OC)cc(F)c2[N+](=O)[O-])C1. The molecule has 8 heteroatoms. The van der Waals surface area contributed by atoms with E-state index in [1.807, 2.05) is 0 Å². The highest BCUT2D eigenvalue weighted by molar-refractivity contribution is 5.76. The van der Waals surface area contributed by atoms with Crippen molar-refractivity contribution in [3.63, 3.8) is 0 Å². The lowest BCUT2D eigenvalue weighted by atomic mass is 10.2. The Kier molecular flexibility index (Phi) is 4.79. The first-order chi connectivity index (χ1) is 10.5. The summed E-state index contributed by atoms with van der Waals surface area (Å²) >= 11 is 0. The van der Waals surface area contributed by atoms with Gasteiger partial charge in [-0.1, -0.05) is 6.92 Å². The van der Waals surface area contributed by atoms with Gasteiger partial charge in [-0.25, -0.2) is 0 Å². The number of carbonyl (C=O) groups excluding carboxylic acids is 1. The molecule has 1 fully saturated rings. The normalized spacial score (nSPS) is 17.4. The smallest absolute Gasteiger partial charge is 0.327 e. The quantitative estimate of drug-likeness (QED) is 0.665. The number of nitro groups is 1. The summed E-state index contributed by atoms with van der Waals surface area (Å²) in [5.41, 5.74) is -0.543. The third-order valence-electron chi connectivity index (χ3n) is 3.66. The first-order valence-electron chi connectivity index (χ1n) is 7.02. The molecule has 0 aromatic heterocycles. The van der Waals surface area contributed by atoms with Crippen molar-refractivity contribution in [2.24, 2.45) is 0 Å². The van der Waals surface area contributed by atoms with Crippen LogP contribution < -0.4 is 10.1 Å². The number of ether oxygens (including phenoxy) is 1. The van der Waals surface area contributed by atoms with Crippen LogP contribution >= 0.6 is 0 Å². The maximum absolute atomic E-state index is 13.9. The van der Waals surface area contributed by atoms with E-state index in [4.69, 9.17) is 4.74 Å². The van der Waals surface area contributed by atoms with Gasteiger partial charge in [0.15, 0.2) is 0 Å². The fourth-order valence-corrected chi connectivity index (χ4v) is 2.54. The van der Waals surface area contributed by atoms with Crippen molar-refractivity contribution in [2.45, 2.75) is 25.8 Å². The molecule has 0 spiro atoms. The van der Waals surface area contributed by atoms with Crippen molar-refractivity contribution in [3.05, 3.63) is 28.1 Å². The summed E-state index contributed by atoms with van der Waals surface area (Å²) in [6, 6.07) is 2.22. The summed E-state index contributed by atoms with van der Waals surface area (Å²) < 4.78 is 18.8. The fourth-order valence-electron chi connectivity index (χ4n) is 2.54. The maximum atomic E-state index is 13.9. The van der Waals surface area contributed by atoms with E-state index >= 15 is 0 Å². The predicted molar refractivity (Wildman–Crippen MR) is 78.5 cm³/mol. The molecule has 22 heavy (non-hydrogen) atoms. The molecule has 1 saturated heterocycles. The molecule has 120 valence electrons. The van der Waals surface area contributed by atoms with Gasteiger partial charge in [-0.3, -0.25) is 14.9 Å². The van der Waals surface area contributed by atoms with Crippen molar-refractivity contribution in [1.29, 1.82) is 0 Å². The van der Waals surface area contributed by atoms with Crippen molar-refractivity contribution < 1.29 is 18.8 Å². The Hall–Kier alpha value is -2.38. The van der Waals surface area contributed by atoms with Crippen LogP contribution in [-0.4, -0.2) is 42.0 Å². The molecule has 0 saturated carbocycles. The van der Waals surface area contributed by atoms with E-state index in [0.29, 0.717) is 25.9 Å². The number of hydrogen-bond donors (Lipinski definition) is 1. The Labute approximate surface area is 127 Å². The van der Waals surface area contributed by atoms with Crippen molar-refractivity contribution >= 4 is 17.3 Å². The Morgan fingerprint density at radius 1 is 1.59 bits per heavy atom. The van der Waals surface area contributed by atoms with E-state index < -0.39 is 16.4 Å². The van der Waals surface area contributed by atoms with Gasteiger partial charge >= 0.3 is 5.69 Å². The summed E-state index contributed by atoms with van der Waals surface area (Å²) in [6.45, 7) is 2.82. The molecule has 1 heterocycles. The molecule has 0 bridgehead atoms. The number of halogens is 1. The van der Waals surface area contributed by atoms with E-state index in [2.05, 4.69) is 5.32 Å². The Morgan fingerprint density at radius 2 is 2.32 bits per heavy atom. The van der Waals surface area contributed by atoms with Crippen molar-refractivity contribution in [1.82, 2.24) is 4.90 Å². The third kappa shape index (κ3) is 3.26. The lowest BCUT2D eigenvalue weighted by Gasteiger charge is -2.17. The van der Waals surface area contributed by atoms with Crippen LogP contribution in [0.5, 0.6) is 5.75 Å². The zero-order valence-corrected chi connectivity index (χ0v) is 12.5. The number of anilines is 1. The monoisotopic (exact) mass is 311 g/mol. The summed E-state index contributed by atoms with van der Waals surface area (Å²) in [4.78, 5) is 23.6. The number of carbonyl (C=O) groups is 1. The van der Waals surface area contributed by atoms with Gasteiger partial charge in [0.1, 0.15) is 11.4 Å². The van der Waals surface area contributed by atoms with Gasteiger partial charge in [0.05, 0.1) is 12.0 Å². The molecule has 2 rings (SSSR count). The summed E-state index contributed by atoms with van der Waals surface area (Å²) in [7, 11) is 1.36. The highest BCUT2D eigenvalue weighted by Gasteiger charge is 2.29. The first kappa shape index (κ1) is 16.0. The van der Waals surface area contributed by atoms with Crippen LogP contribution in [0.4, 0.5) is 15.8 Å². The van der Waals surface area contributed by atoms with Gasteiger partial charge in [0.2, 0.25) is 11.7 Å². The zero-order valence-electron chi connectivity index (χ0n) is 12.5. The van der Waals surface area contributed by atoms with Crippen LogP contribution in [0, 0.1) is 15.9 Å². The van der Waals surface area contributed by atoms with Crippen LogP contribution in [0.1, 0.15) is 19.8 Å². The second-order valence-corrected chi connectivity index (χ2v) is 5.09. The third-order valence-corrected chi connectivity index (χ3v) is 3.66. The van der Waals surface area contributed by atoms with Crippen LogP contribution in [0.25, 0.3) is 0 Å². The summed E-state index contributed by atoms with van der Waals surface area (Å²) in [5, 5.41) is 14.0.